The van der Waals surface area contributed by atoms with E-state index in [-0.39, 0.29) is 12.2 Å². The maximum absolute atomic E-state index is 12.6. The summed E-state index contributed by atoms with van der Waals surface area (Å²) in [5.74, 6) is -1.49. The van der Waals surface area contributed by atoms with Crippen molar-refractivity contribution in [1.29, 1.82) is 0 Å². The first-order chi connectivity index (χ1) is 13.3. The molecule has 0 atom stereocenters. The average molecular weight is 509 g/mol. The standard InChI is InChI=1S/C19H14Br2N2O5/c20-13-6-12(7-14(21)17(13)28-10-16(24)25)8-15-18(26)23(19(27)22-15)9-11-4-2-1-3-5-11/h1-8H,9-10H2,(H,22,27)(H,24,25)/p-1/b15-8+. The first-order valence-corrected chi connectivity index (χ1v) is 9.64. The maximum atomic E-state index is 12.6. The van der Waals surface area contributed by atoms with E-state index in [1.165, 1.54) is 6.08 Å². The van der Waals surface area contributed by atoms with Crippen molar-refractivity contribution in [2.45, 2.75) is 6.54 Å². The second-order valence-electron chi connectivity index (χ2n) is 5.84. The molecule has 1 aliphatic heterocycles. The number of carboxylic acids is 1. The zero-order valence-electron chi connectivity index (χ0n) is 14.3. The smallest absolute Gasteiger partial charge is 0.329 e. The van der Waals surface area contributed by atoms with Crippen LogP contribution in [0.2, 0.25) is 0 Å². The molecule has 0 radical (unpaired) electrons. The summed E-state index contributed by atoms with van der Waals surface area (Å²) in [4.78, 5) is 36.5. The Bertz CT molecular complexity index is 953. The number of aliphatic carboxylic acids is 1. The van der Waals surface area contributed by atoms with Gasteiger partial charge in [-0.1, -0.05) is 30.3 Å². The van der Waals surface area contributed by atoms with Gasteiger partial charge < -0.3 is 20.0 Å². The number of hydrogen-bond donors (Lipinski definition) is 1. The van der Waals surface area contributed by atoms with E-state index < -0.39 is 24.5 Å². The van der Waals surface area contributed by atoms with Crippen LogP contribution in [-0.2, 0) is 16.1 Å². The first-order valence-electron chi connectivity index (χ1n) is 8.05. The van der Waals surface area contributed by atoms with Crippen molar-refractivity contribution >= 4 is 55.8 Å². The van der Waals surface area contributed by atoms with E-state index in [0.29, 0.717) is 20.3 Å². The summed E-state index contributed by atoms with van der Waals surface area (Å²) in [6.07, 6.45) is 1.53. The van der Waals surface area contributed by atoms with Crippen molar-refractivity contribution < 1.29 is 24.2 Å². The first kappa shape index (κ1) is 20.1. The normalized spacial score (nSPS) is 15.1. The molecule has 1 N–H and O–H groups in total. The molecule has 2 aromatic rings. The molecule has 0 unspecified atom stereocenters. The Kier molecular flexibility index (Phi) is 6.15. The van der Waals surface area contributed by atoms with Crippen LogP contribution in [0.5, 0.6) is 5.75 Å². The number of carbonyl (C=O) groups is 3. The number of carbonyl (C=O) groups excluding carboxylic acids is 3. The fraction of sp³-hybridized carbons (Fsp3) is 0.105. The Balaban J connectivity index is 1.81. The number of carboxylic acid groups (broad SMARTS) is 1. The Morgan fingerprint density at radius 1 is 1.14 bits per heavy atom. The summed E-state index contributed by atoms with van der Waals surface area (Å²) in [6, 6.07) is 12.0. The molecule has 0 spiro atoms. The molecule has 3 rings (SSSR count). The van der Waals surface area contributed by atoms with E-state index in [4.69, 9.17) is 4.74 Å². The fourth-order valence-corrected chi connectivity index (χ4v) is 4.03. The van der Waals surface area contributed by atoms with Gasteiger partial charge in [0.2, 0.25) is 0 Å². The lowest BCUT2D eigenvalue weighted by atomic mass is 10.1. The second-order valence-corrected chi connectivity index (χ2v) is 7.55. The van der Waals surface area contributed by atoms with Gasteiger partial charge in [-0.2, -0.15) is 0 Å². The van der Waals surface area contributed by atoms with Crippen LogP contribution in [0.1, 0.15) is 11.1 Å². The van der Waals surface area contributed by atoms with E-state index >= 15 is 0 Å². The highest BCUT2D eigenvalue weighted by Gasteiger charge is 2.33. The van der Waals surface area contributed by atoms with Gasteiger partial charge in [-0.25, -0.2) is 4.79 Å². The molecule has 0 aliphatic carbocycles. The SMILES string of the molecule is O=C([O-])COc1c(Br)cc(/C=C2/NC(=O)N(Cc3ccccc3)C2=O)cc1Br. The van der Waals surface area contributed by atoms with Crippen LogP contribution < -0.4 is 15.2 Å². The van der Waals surface area contributed by atoms with Gasteiger partial charge in [-0.05, 0) is 61.2 Å². The predicted molar refractivity (Wildman–Crippen MR) is 106 cm³/mol. The van der Waals surface area contributed by atoms with Crippen LogP contribution in [0.3, 0.4) is 0 Å². The quantitative estimate of drug-likeness (QED) is 0.477. The van der Waals surface area contributed by atoms with E-state index in [2.05, 4.69) is 37.2 Å². The van der Waals surface area contributed by atoms with E-state index in [0.717, 1.165) is 10.5 Å². The topological polar surface area (TPSA) is 98.8 Å². The number of benzene rings is 2. The number of rotatable bonds is 6. The Hall–Kier alpha value is -2.65. The summed E-state index contributed by atoms with van der Waals surface area (Å²) in [7, 11) is 0. The highest BCUT2D eigenvalue weighted by Crippen LogP contribution is 2.35. The van der Waals surface area contributed by atoms with Crippen molar-refractivity contribution in [2.24, 2.45) is 0 Å². The number of urea groups is 1. The van der Waals surface area contributed by atoms with Crippen LogP contribution in [0.4, 0.5) is 4.79 Å². The minimum absolute atomic E-state index is 0.142. The Morgan fingerprint density at radius 2 is 1.79 bits per heavy atom. The van der Waals surface area contributed by atoms with E-state index in [9.17, 15) is 19.5 Å². The lowest BCUT2D eigenvalue weighted by molar-refractivity contribution is -0.307. The summed E-state index contributed by atoms with van der Waals surface area (Å²) in [6.45, 7) is -0.424. The predicted octanol–water partition coefficient (Wildman–Crippen LogP) is 2.43. The molecule has 1 aliphatic rings. The Morgan fingerprint density at radius 3 is 2.39 bits per heavy atom. The van der Waals surface area contributed by atoms with Gasteiger partial charge in [0.25, 0.3) is 5.91 Å². The molecule has 9 heteroatoms. The zero-order chi connectivity index (χ0) is 20.3. The van der Waals surface area contributed by atoms with Crippen molar-refractivity contribution in [2.75, 3.05) is 6.61 Å². The van der Waals surface area contributed by atoms with E-state index in [1.807, 2.05) is 30.3 Å². The molecule has 7 nitrogen and oxygen atoms in total. The largest absolute Gasteiger partial charge is 0.546 e. The fourth-order valence-electron chi connectivity index (χ4n) is 2.58. The third-order valence-electron chi connectivity index (χ3n) is 3.81. The molecular formula is C19H13Br2N2O5-. The van der Waals surface area contributed by atoms with Gasteiger partial charge in [-0.3, -0.25) is 9.69 Å². The lowest BCUT2D eigenvalue weighted by Gasteiger charge is -2.12. The van der Waals surface area contributed by atoms with Gasteiger partial charge in [0.1, 0.15) is 18.1 Å². The average Bonchev–Trinajstić information content (AvgIpc) is 2.89. The van der Waals surface area contributed by atoms with Gasteiger partial charge in [0, 0.05) is 0 Å². The van der Waals surface area contributed by atoms with Crippen LogP contribution in [-0.4, -0.2) is 29.4 Å². The number of hydrogen-bond acceptors (Lipinski definition) is 5. The lowest BCUT2D eigenvalue weighted by Crippen LogP contribution is -2.30. The van der Waals surface area contributed by atoms with Crippen LogP contribution in [0.15, 0.2) is 57.1 Å². The number of nitrogens with zero attached hydrogens (tertiary/aromatic N) is 1. The molecule has 0 bridgehead atoms. The number of halogens is 2. The molecule has 0 saturated carbocycles. The van der Waals surface area contributed by atoms with Crippen LogP contribution >= 0.6 is 31.9 Å². The second kappa shape index (κ2) is 8.57. The van der Waals surface area contributed by atoms with Crippen molar-refractivity contribution in [1.82, 2.24) is 10.2 Å². The number of amides is 3. The minimum atomic E-state index is -1.34. The van der Waals surface area contributed by atoms with E-state index in [1.54, 1.807) is 12.1 Å². The molecule has 28 heavy (non-hydrogen) atoms. The third-order valence-corrected chi connectivity index (χ3v) is 4.99. The van der Waals surface area contributed by atoms with Crippen LogP contribution in [0, 0.1) is 0 Å². The number of ether oxygens (including phenoxy) is 1. The monoisotopic (exact) mass is 507 g/mol. The van der Waals surface area contributed by atoms with Gasteiger partial charge in [0.15, 0.2) is 0 Å². The van der Waals surface area contributed by atoms with Crippen molar-refractivity contribution in [3.8, 4) is 5.75 Å². The zero-order valence-corrected chi connectivity index (χ0v) is 17.4. The molecule has 2 aromatic carbocycles. The molecule has 1 heterocycles. The van der Waals surface area contributed by atoms with Crippen LogP contribution in [0.25, 0.3) is 6.08 Å². The molecule has 0 aromatic heterocycles. The highest BCUT2D eigenvalue weighted by atomic mass is 79.9. The number of nitrogens with one attached hydrogen (secondary N) is 1. The minimum Gasteiger partial charge on any atom is -0.546 e. The molecule has 1 saturated heterocycles. The summed E-state index contributed by atoms with van der Waals surface area (Å²) in [5.41, 5.74) is 1.58. The summed E-state index contributed by atoms with van der Waals surface area (Å²) < 4.78 is 6.11. The third kappa shape index (κ3) is 4.60. The molecule has 144 valence electrons. The summed E-state index contributed by atoms with van der Waals surface area (Å²) in [5, 5.41) is 13.1. The number of imide groups is 1. The van der Waals surface area contributed by atoms with Gasteiger partial charge in [0.05, 0.1) is 21.5 Å². The van der Waals surface area contributed by atoms with Crippen molar-refractivity contribution in [3.05, 3.63) is 68.2 Å². The summed E-state index contributed by atoms with van der Waals surface area (Å²) >= 11 is 6.60. The molecular weight excluding hydrogens is 496 g/mol. The van der Waals surface area contributed by atoms with Crippen molar-refractivity contribution in [3.63, 3.8) is 0 Å². The molecule has 3 amide bonds. The van der Waals surface area contributed by atoms with Gasteiger partial charge in [-0.15, -0.1) is 0 Å². The Labute approximate surface area is 177 Å². The van der Waals surface area contributed by atoms with Gasteiger partial charge >= 0.3 is 6.03 Å². The highest BCUT2D eigenvalue weighted by molar-refractivity contribution is 9.11. The maximum Gasteiger partial charge on any atom is 0.329 e. The molecule has 1 fully saturated rings.